The molecule has 0 saturated carbocycles. The van der Waals surface area contributed by atoms with Crippen molar-refractivity contribution in [2.45, 2.75) is 31.7 Å². The number of ketones is 2. The van der Waals surface area contributed by atoms with Crippen LogP contribution in [0.15, 0.2) is 0 Å². The van der Waals surface area contributed by atoms with E-state index in [0.717, 1.165) is 32.2 Å². The fourth-order valence-electron chi connectivity index (χ4n) is 1.51. The summed E-state index contributed by atoms with van der Waals surface area (Å²) in [5, 5.41) is 3.07. The van der Waals surface area contributed by atoms with Crippen LogP contribution in [0.2, 0.25) is 0 Å². The third-order valence-corrected chi connectivity index (χ3v) is 2.52. The molecule has 0 bridgehead atoms. The van der Waals surface area contributed by atoms with Crippen LogP contribution in [-0.2, 0) is 9.59 Å². The maximum Gasteiger partial charge on any atom is 0.216 e. The van der Waals surface area contributed by atoms with Crippen molar-refractivity contribution in [2.75, 3.05) is 12.4 Å². The van der Waals surface area contributed by atoms with Crippen molar-refractivity contribution in [1.29, 1.82) is 0 Å². The highest BCUT2D eigenvalue weighted by Crippen LogP contribution is 2.09. The molecule has 1 N–H and O–H groups in total. The zero-order valence-corrected chi connectivity index (χ0v) is 8.27. The van der Waals surface area contributed by atoms with E-state index in [1.54, 1.807) is 0 Å². The summed E-state index contributed by atoms with van der Waals surface area (Å²) in [6.07, 6.45) is 3.99. The van der Waals surface area contributed by atoms with Crippen molar-refractivity contribution in [3.05, 3.63) is 0 Å². The molecule has 1 unspecified atom stereocenters. The SMILES string of the molecule is O=C(CCl)C(=O)C1CCCCCN1. The molecular formula is C9H14ClNO2. The summed E-state index contributed by atoms with van der Waals surface area (Å²) in [7, 11) is 0. The van der Waals surface area contributed by atoms with Gasteiger partial charge in [0.15, 0.2) is 0 Å². The summed E-state index contributed by atoms with van der Waals surface area (Å²) < 4.78 is 0. The molecule has 0 aliphatic carbocycles. The first kappa shape index (κ1) is 10.7. The van der Waals surface area contributed by atoms with Crippen LogP contribution < -0.4 is 5.32 Å². The molecule has 0 aromatic heterocycles. The van der Waals surface area contributed by atoms with Crippen molar-refractivity contribution in [3.8, 4) is 0 Å². The van der Waals surface area contributed by atoms with E-state index in [1.807, 2.05) is 0 Å². The molecule has 1 saturated heterocycles. The molecular weight excluding hydrogens is 190 g/mol. The Bertz CT molecular complexity index is 198. The van der Waals surface area contributed by atoms with Gasteiger partial charge in [-0.25, -0.2) is 0 Å². The molecule has 3 nitrogen and oxygen atoms in total. The van der Waals surface area contributed by atoms with E-state index in [0.29, 0.717) is 0 Å². The Kier molecular flexibility index (Phi) is 4.39. The lowest BCUT2D eigenvalue weighted by Gasteiger charge is -2.12. The van der Waals surface area contributed by atoms with Crippen LogP contribution in [0.1, 0.15) is 25.7 Å². The van der Waals surface area contributed by atoms with Crippen LogP contribution in [0.4, 0.5) is 0 Å². The number of alkyl halides is 1. The van der Waals surface area contributed by atoms with E-state index >= 15 is 0 Å². The van der Waals surface area contributed by atoms with Crippen LogP contribution in [-0.4, -0.2) is 30.0 Å². The third kappa shape index (κ3) is 3.08. The fourth-order valence-corrected chi connectivity index (χ4v) is 1.64. The van der Waals surface area contributed by atoms with Gasteiger partial charge in [-0.15, -0.1) is 11.6 Å². The van der Waals surface area contributed by atoms with Gasteiger partial charge in [0, 0.05) is 0 Å². The Labute approximate surface area is 82.8 Å². The molecule has 13 heavy (non-hydrogen) atoms. The summed E-state index contributed by atoms with van der Waals surface area (Å²) in [4.78, 5) is 22.4. The molecule has 0 radical (unpaired) electrons. The van der Waals surface area contributed by atoms with Crippen LogP contribution in [0, 0.1) is 0 Å². The monoisotopic (exact) mass is 203 g/mol. The number of carbonyl (C=O) groups excluding carboxylic acids is 2. The van der Waals surface area contributed by atoms with E-state index < -0.39 is 5.78 Å². The molecule has 1 aliphatic heterocycles. The van der Waals surface area contributed by atoms with Gasteiger partial charge in [-0.2, -0.15) is 0 Å². The minimum Gasteiger partial charge on any atom is -0.307 e. The summed E-state index contributed by atoms with van der Waals surface area (Å²) in [5.74, 6) is -1.02. The lowest BCUT2D eigenvalue weighted by Crippen LogP contribution is -2.40. The molecule has 1 aliphatic rings. The Balaban J connectivity index is 2.48. The molecule has 0 spiro atoms. The van der Waals surface area contributed by atoms with E-state index in [1.165, 1.54) is 0 Å². The van der Waals surface area contributed by atoms with Gasteiger partial charge in [-0.1, -0.05) is 12.8 Å². The Morgan fingerprint density at radius 1 is 1.31 bits per heavy atom. The van der Waals surface area contributed by atoms with Gasteiger partial charge < -0.3 is 5.32 Å². The van der Waals surface area contributed by atoms with Gasteiger partial charge >= 0.3 is 0 Å². The largest absolute Gasteiger partial charge is 0.307 e. The molecule has 1 atom stereocenters. The minimum absolute atomic E-state index is 0.197. The van der Waals surface area contributed by atoms with Gasteiger partial charge in [0.2, 0.25) is 11.6 Å². The van der Waals surface area contributed by atoms with Crippen LogP contribution in [0.5, 0.6) is 0 Å². The van der Waals surface area contributed by atoms with Crippen molar-refractivity contribution in [1.82, 2.24) is 5.32 Å². The first-order valence-corrected chi connectivity index (χ1v) is 5.15. The van der Waals surface area contributed by atoms with Crippen molar-refractivity contribution < 1.29 is 9.59 Å². The molecule has 74 valence electrons. The third-order valence-electron chi connectivity index (χ3n) is 2.27. The topological polar surface area (TPSA) is 46.2 Å². The molecule has 0 amide bonds. The minimum atomic E-state index is -0.471. The average Bonchev–Trinajstić information content (AvgIpc) is 2.43. The second kappa shape index (κ2) is 5.35. The van der Waals surface area contributed by atoms with Crippen LogP contribution in [0.25, 0.3) is 0 Å². The van der Waals surface area contributed by atoms with Gasteiger partial charge in [-0.3, -0.25) is 9.59 Å². The maximum atomic E-state index is 11.4. The fraction of sp³-hybridized carbons (Fsp3) is 0.778. The quantitative estimate of drug-likeness (QED) is 0.548. The first-order valence-electron chi connectivity index (χ1n) is 4.62. The average molecular weight is 204 g/mol. The predicted molar refractivity (Wildman–Crippen MR) is 51.0 cm³/mol. The second-order valence-electron chi connectivity index (χ2n) is 3.28. The van der Waals surface area contributed by atoms with E-state index in [4.69, 9.17) is 11.6 Å². The van der Waals surface area contributed by atoms with Gasteiger partial charge in [0.25, 0.3) is 0 Å². The van der Waals surface area contributed by atoms with Gasteiger partial charge in [0.05, 0.1) is 11.9 Å². The molecule has 0 aromatic carbocycles. The summed E-state index contributed by atoms with van der Waals surface area (Å²) in [6, 6.07) is -0.284. The number of hydrogen-bond acceptors (Lipinski definition) is 3. The number of hydrogen-bond donors (Lipinski definition) is 1. The number of Topliss-reactive ketones (excluding diaryl/α,β-unsaturated/α-hetero) is 2. The van der Waals surface area contributed by atoms with Crippen LogP contribution >= 0.6 is 11.6 Å². The highest BCUT2D eigenvalue weighted by atomic mass is 35.5. The van der Waals surface area contributed by atoms with E-state index in [9.17, 15) is 9.59 Å². The number of halogens is 1. The molecule has 1 fully saturated rings. The highest BCUT2D eigenvalue weighted by Gasteiger charge is 2.24. The maximum absolute atomic E-state index is 11.4. The standard InChI is InChI=1S/C9H14ClNO2/c10-6-8(12)9(13)7-4-2-1-3-5-11-7/h7,11H,1-6H2. The van der Waals surface area contributed by atoms with Gasteiger partial charge in [0.1, 0.15) is 0 Å². The van der Waals surface area contributed by atoms with E-state index in [-0.39, 0.29) is 17.7 Å². The second-order valence-corrected chi connectivity index (χ2v) is 3.54. The zero-order chi connectivity index (χ0) is 9.68. The lowest BCUT2D eigenvalue weighted by molar-refractivity contribution is -0.136. The normalized spacial score (nSPS) is 23.6. The first-order chi connectivity index (χ1) is 6.25. The zero-order valence-electron chi connectivity index (χ0n) is 7.51. The summed E-state index contributed by atoms with van der Waals surface area (Å²) in [6.45, 7) is 0.825. The van der Waals surface area contributed by atoms with E-state index in [2.05, 4.69) is 5.32 Å². The van der Waals surface area contributed by atoms with Gasteiger partial charge in [-0.05, 0) is 19.4 Å². The number of nitrogens with one attached hydrogen (secondary N) is 1. The van der Waals surface area contributed by atoms with Crippen LogP contribution in [0.3, 0.4) is 0 Å². The Morgan fingerprint density at radius 2 is 2.08 bits per heavy atom. The molecule has 4 heteroatoms. The number of carbonyl (C=O) groups is 2. The number of rotatable bonds is 3. The summed E-state index contributed by atoms with van der Waals surface area (Å²) >= 11 is 5.31. The molecule has 1 heterocycles. The smallest absolute Gasteiger partial charge is 0.216 e. The Morgan fingerprint density at radius 3 is 2.77 bits per heavy atom. The lowest BCUT2D eigenvalue weighted by atomic mass is 10.0. The van der Waals surface area contributed by atoms with Crippen molar-refractivity contribution in [2.24, 2.45) is 0 Å². The highest BCUT2D eigenvalue weighted by molar-refractivity contribution is 6.48. The summed E-state index contributed by atoms with van der Waals surface area (Å²) in [5.41, 5.74) is 0. The Hall–Kier alpha value is -0.410. The van der Waals surface area contributed by atoms with Crippen molar-refractivity contribution in [3.63, 3.8) is 0 Å². The molecule has 0 aromatic rings. The molecule has 1 rings (SSSR count). The van der Waals surface area contributed by atoms with Crippen molar-refractivity contribution >= 4 is 23.2 Å². The predicted octanol–water partition coefficient (Wildman–Crippen LogP) is 0.896.